The van der Waals surface area contributed by atoms with E-state index in [1.165, 1.54) is 6.33 Å². The third kappa shape index (κ3) is 3.03. The number of hydrogen-bond donors (Lipinski definition) is 0. The Morgan fingerprint density at radius 3 is 2.67 bits per heavy atom. The monoisotopic (exact) mass is 364 g/mol. The second-order valence-corrected chi connectivity index (χ2v) is 6.52. The number of likely N-dealkylation sites (N-methyl/N-ethyl adjacent to an activating group) is 1. The van der Waals surface area contributed by atoms with Crippen LogP contribution in [0.5, 0.6) is 0 Å². The van der Waals surface area contributed by atoms with Crippen LogP contribution in [0.1, 0.15) is 24.2 Å². The first-order chi connectivity index (χ1) is 13.1. The topological polar surface area (TPSA) is 83.7 Å². The summed E-state index contributed by atoms with van der Waals surface area (Å²) in [6, 6.07) is 6.88. The van der Waals surface area contributed by atoms with E-state index in [0.29, 0.717) is 31.0 Å². The summed E-state index contributed by atoms with van der Waals surface area (Å²) >= 11 is 0. The average Bonchev–Trinajstić information content (AvgIpc) is 3.17. The van der Waals surface area contributed by atoms with Gasteiger partial charge >= 0.3 is 0 Å². The molecule has 1 aliphatic heterocycles. The Balaban J connectivity index is 1.55. The van der Waals surface area contributed by atoms with Gasteiger partial charge in [0.1, 0.15) is 12.4 Å². The molecule has 1 saturated heterocycles. The second-order valence-electron chi connectivity index (χ2n) is 6.52. The van der Waals surface area contributed by atoms with Gasteiger partial charge < -0.3 is 9.80 Å². The van der Waals surface area contributed by atoms with E-state index in [0.717, 1.165) is 11.1 Å². The maximum Gasteiger partial charge on any atom is 0.254 e. The van der Waals surface area contributed by atoms with E-state index in [1.54, 1.807) is 39.6 Å². The van der Waals surface area contributed by atoms with Gasteiger partial charge in [0.05, 0.1) is 0 Å². The fraction of sp³-hybridized carbons (Fsp3) is 0.316. The Kier molecular flexibility index (Phi) is 4.31. The molecule has 27 heavy (non-hydrogen) atoms. The van der Waals surface area contributed by atoms with Crippen LogP contribution in [0.3, 0.4) is 0 Å². The number of benzene rings is 1. The third-order valence-corrected chi connectivity index (χ3v) is 4.99. The zero-order valence-corrected chi connectivity index (χ0v) is 15.2. The van der Waals surface area contributed by atoms with Crippen molar-refractivity contribution in [2.45, 2.75) is 19.9 Å². The van der Waals surface area contributed by atoms with Crippen molar-refractivity contribution in [2.75, 3.05) is 19.6 Å². The fourth-order valence-corrected chi connectivity index (χ4v) is 3.36. The molecule has 0 N–H and O–H groups in total. The van der Waals surface area contributed by atoms with Gasteiger partial charge in [-0.1, -0.05) is 12.1 Å². The summed E-state index contributed by atoms with van der Waals surface area (Å²) in [7, 11) is 0. The van der Waals surface area contributed by atoms with Crippen LogP contribution in [0.25, 0.3) is 16.9 Å². The Morgan fingerprint density at radius 2 is 1.93 bits per heavy atom. The molecule has 0 spiro atoms. The molecule has 1 atom stereocenters. The summed E-state index contributed by atoms with van der Waals surface area (Å²) in [6.45, 7) is 5.53. The van der Waals surface area contributed by atoms with Gasteiger partial charge in [-0.3, -0.25) is 9.59 Å². The molecule has 0 bridgehead atoms. The lowest BCUT2D eigenvalue weighted by molar-refractivity contribution is -0.139. The second kappa shape index (κ2) is 6.79. The van der Waals surface area contributed by atoms with Gasteiger partial charge in [0.25, 0.3) is 11.7 Å². The number of rotatable bonds is 3. The van der Waals surface area contributed by atoms with E-state index < -0.39 is 6.04 Å². The molecule has 4 rings (SSSR count). The highest BCUT2D eigenvalue weighted by Gasteiger charge is 2.33. The van der Waals surface area contributed by atoms with Crippen molar-refractivity contribution in [3.8, 4) is 11.1 Å². The van der Waals surface area contributed by atoms with Crippen LogP contribution in [-0.2, 0) is 4.79 Å². The predicted molar refractivity (Wildman–Crippen MR) is 99.0 cm³/mol. The lowest BCUT2D eigenvalue weighted by Crippen LogP contribution is -2.57. The maximum atomic E-state index is 12.9. The Bertz CT molecular complexity index is 997. The SMILES string of the molecule is CCN1CCN(C(=O)c2ccc(-c3cnc4ncnn4c3)cc2)C(C)C1=O. The van der Waals surface area contributed by atoms with Crippen LogP contribution in [0.2, 0.25) is 0 Å². The minimum atomic E-state index is -0.440. The molecule has 3 aromatic rings. The largest absolute Gasteiger partial charge is 0.339 e. The summed E-state index contributed by atoms with van der Waals surface area (Å²) < 4.78 is 1.61. The maximum absolute atomic E-state index is 12.9. The molecule has 8 heteroatoms. The number of carbonyl (C=O) groups is 2. The summed E-state index contributed by atoms with van der Waals surface area (Å²) in [5.41, 5.74) is 2.38. The summed E-state index contributed by atoms with van der Waals surface area (Å²) in [5.74, 6) is 0.416. The summed E-state index contributed by atoms with van der Waals surface area (Å²) in [5, 5.41) is 4.09. The normalized spacial score (nSPS) is 17.6. The quantitative estimate of drug-likeness (QED) is 0.703. The predicted octanol–water partition coefficient (Wildman–Crippen LogP) is 1.48. The molecule has 1 unspecified atom stereocenters. The Labute approximate surface area is 156 Å². The van der Waals surface area contributed by atoms with Crippen LogP contribution in [0.15, 0.2) is 43.0 Å². The molecule has 3 heterocycles. The van der Waals surface area contributed by atoms with Gasteiger partial charge in [0.2, 0.25) is 5.91 Å². The van der Waals surface area contributed by atoms with E-state index in [9.17, 15) is 9.59 Å². The molecule has 1 aliphatic rings. The number of fused-ring (bicyclic) bond motifs is 1. The first-order valence-corrected chi connectivity index (χ1v) is 8.94. The number of nitrogens with zero attached hydrogens (tertiary/aromatic N) is 6. The van der Waals surface area contributed by atoms with Crippen molar-refractivity contribution < 1.29 is 9.59 Å². The van der Waals surface area contributed by atoms with Gasteiger partial charge in [-0.25, -0.2) is 9.50 Å². The molecular weight excluding hydrogens is 344 g/mol. The number of amides is 2. The van der Waals surface area contributed by atoms with Crippen molar-refractivity contribution in [2.24, 2.45) is 0 Å². The Hall–Kier alpha value is -3.29. The van der Waals surface area contributed by atoms with Crippen LogP contribution in [0.4, 0.5) is 0 Å². The van der Waals surface area contributed by atoms with Gasteiger partial charge in [-0.15, -0.1) is 0 Å². The number of aromatic nitrogens is 4. The first kappa shape index (κ1) is 17.1. The first-order valence-electron chi connectivity index (χ1n) is 8.94. The van der Waals surface area contributed by atoms with E-state index >= 15 is 0 Å². The molecule has 8 nitrogen and oxygen atoms in total. The Morgan fingerprint density at radius 1 is 1.15 bits per heavy atom. The standard InChI is InChI=1S/C19H20N6O2/c1-3-23-8-9-24(13(2)17(23)26)18(27)15-6-4-14(5-7-15)16-10-20-19-21-12-22-25(19)11-16/h4-7,10-13H,3,8-9H2,1-2H3. The summed E-state index contributed by atoms with van der Waals surface area (Å²) in [6.07, 6.45) is 5.02. The average molecular weight is 364 g/mol. The lowest BCUT2D eigenvalue weighted by atomic mass is 10.0. The van der Waals surface area contributed by atoms with Crippen LogP contribution in [0, 0.1) is 0 Å². The van der Waals surface area contributed by atoms with Gasteiger partial charge in [-0.05, 0) is 31.5 Å². The zero-order valence-electron chi connectivity index (χ0n) is 15.2. The smallest absolute Gasteiger partial charge is 0.254 e. The third-order valence-electron chi connectivity index (χ3n) is 4.99. The lowest BCUT2D eigenvalue weighted by Gasteiger charge is -2.38. The van der Waals surface area contributed by atoms with Crippen LogP contribution < -0.4 is 0 Å². The van der Waals surface area contributed by atoms with Crippen LogP contribution in [-0.4, -0.2) is 66.9 Å². The van der Waals surface area contributed by atoms with Gasteiger partial charge in [0.15, 0.2) is 0 Å². The molecule has 0 aliphatic carbocycles. The summed E-state index contributed by atoms with van der Waals surface area (Å²) in [4.78, 5) is 36.9. The highest BCUT2D eigenvalue weighted by Crippen LogP contribution is 2.21. The van der Waals surface area contributed by atoms with E-state index in [2.05, 4.69) is 15.1 Å². The van der Waals surface area contributed by atoms with Gasteiger partial charge in [0, 0.05) is 43.2 Å². The molecule has 2 aromatic heterocycles. The minimum Gasteiger partial charge on any atom is -0.339 e. The van der Waals surface area contributed by atoms with E-state index in [-0.39, 0.29) is 11.8 Å². The number of carbonyl (C=O) groups excluding carboxylic acids is 2. The van der Waals surface area contributed by atoms with Crippen molar-refractivity contribution >= 4 is 17.6 Å². The molecule has 0 radical (unpaired) electrons. The van der Waals surface area contributed by atoms with Crippen molar-refractivity contribution in [1.29, 1.82) is 0 Å². The molecule has 138 valence electrons. The van der Waals surface area contributed by atoms with E-state index in [1.807, 2.05) is 25.3 Å². The van der Waals surface area contributed by atoms with E-state index in [4.69, 9.17) is 0 Å². The molecular formula is C19H20N6O2. The van der Waals surface area contributed by atoms with Crippen molar-refractivity contribution in [3.05, 3.63) is 48.5 Å². The highest BCUT2D eigenvalue weighted by molar-refractivity contribution is 5.98. The molecule has 0 saturated carbocycles. The van der Waals surface area contributed by atoms with Crippen molar-refractivity contribution in [3.63, 3.8) is 0 Å². The zero-order chi connectivity index (χ0) is 19.0. The molecule has 2 amide bonds. The number of hydrogen-bond acceptors (Lipinski definition) is 5. The number of piperazine rings is 1. The molecule has 1 fully saturated rings. The highest BCUT2D eigenvalue weighted by atomic mass is 16.2. The van der Waals surface area contributed by atoms with Crippen molar-refractivity contribution in [1.82, 2.24) is 29.4 Å². The molecule has 1 aromatic carbocycles. The van der Waals surface area contributed by atoms with Crippen LogP contribution >= 0.6 is 0 Å². The fourth-order valence-electron chi connectivity index (χ4n) is 3.36. The minimum absolute atomic E-state index is 0.000860. The van der Waals surface area contributed by atoms with Gasteiger partial charge in [-0.2, -0.15) is 10.1 Å².